The number of nitrogens with two attached hydrogens (primary N) is 1. The van der Waals surface area contributed by atoms with Gasteiger partial charge in [-0.05, 0) is 24.3 Å². The van der Waals surface area contributed by atoms with Crippen molar-refractivity contribution in [1.29, 1.82) is 0 Å². The Morgan fingerprint density at radius 1 is 1.04 bits per heavy atom. The first-order valence-corrected chi connectivity index (χ1v) is 7.61. The van der Waals surface area contributed by atoms with E-state index in [1.807, 2.05) is 4.90 Å². The smallest absolute Gasteiger partial charge is 0.267 e. The molecular weight excluding hydrogens is 311 g/mol. The minimum absolute atomic E-state index is 0.121. The van der Waals surface area contributed by atoms with Crippen molar-refractivity contribution in [3.8, 4) is 0 Å². The Labute approximate surface area is 138 Å². The van der Waals surface area contributed by atoms with Crippen LogP contribution in [0.2, 0.25) is 0 Å². The Kier molecular flexibility index (Phi) is 4.41. The van der Waals surface area contributed by atoms with Crippen LogP contribution in [0, 0.1) is 5.82 Å². The topological polar surface area (TPSA) is 79.5 Å². The normalized spacial score (nSPS) is 14.5. The minimum Gasteiger partial charge on any atom is -0.366 e. The second-order valence-corrected chi connectivity index (χ2v) is 5.53. The van der Waals surface area contributed by atoms with E-state index in [2.05, 4.69) is 4.98 Å². The number of para-hydroxylation sites is 1. The van der Waals surface area contributed by atoms with Gasteiger partial charge in [0.25, 0.3) is 11.8 Å². The van der Waals surface area contributed by atoms with E-state index in [1.54, 1.807) is 29.2 Å². The van der Waals surface area contributed by atoms with E-state index in [4.69, 9.17) is 5.73 Å². The van der Waals surface area contributed by atoms with E-state index in [0.717, 1.165) is 0 Å². The number of anilines is 1. The predicted octanol–water partition coefficient (Wildman–Crippen LogP) is 1.28. The lowest BCUT2D eigenvalue weighted by Gasteiger charge is -2.36. The molecule has 1 aromatic heterocycles. The summed E-state index contributed by atoms with van der Waals surface area (Å²) in [7, 11) is 0. The molecule has 3 rings (SSSR count). The lowest BCUT2D eigenvalue weighted by molar-refractivity contribution is 0.0745. The molecule has 0 spiro atoms. The van der Waals surface area contributed by atoms with Crippen molar-refractivity contribution in [2.45, 2.75) is 0 Å². The van der Waals surface area contributed by atoms with Gasteiger partial charge in [0.2, 0.25) is 0 Å². The fourth-order valence-electron chi connectivity index (χ4n) is 2.71. The van der Waals surface area contributed by atoms with Crippen molar-refractivity contribution >= 4 is 17.5 Å². The van der Waals surface area contributed by atoms with E-state index < -0.39 is 5.91 Å². The van der Waals surface area contributed by atoms with Gasteiger partial charge in [0.05, 0.1) is 11.3 Å². The number of piperazine rings is 1. The quantitative estimate of drug-likeness (QED) is 0.920. The van der Waals surface area contributed by atoms with Crippen molar-refractivity contribution in [2.24, 2.45) is 5.73 Å². The third-order valence-corrected chi connectivity index (χ3v) is 4.02. The number of pyridine rings is 1. The number of carbonyl (C=O) groups is 2. The third-order valence-electron chi connectivity index (χ3n) is 4.02. The zero-order valence-corrected chi connectivity index (χ0v) is 13.0. The Balaban J connectivity index is 1.65. The predicted molar refractivity (Wildman–Crippen MR) is 87.3 cm³/mol. The maximum Gasteiger partial charge on any atom is 0.267 e. The van der Waals surface area contributed by atoms with Gasteiger partial charge in [-0.2, -0.15) is 0 Å². The molecule has 0 atom stereocenters. The van der Waals surface area contributed by atoms with Gasteiger partial charge in [0, 0.05) is 32.4 Å². The maximum atomic E-state index is 13.8. The van der Waals surface area contributed by atoms with E-state index in [-0.39, 0.29) is 17.4 Å². The molecule has 0 bridgehead atoms. The summed E-state index contributed by atoms with van der Waals surface area (Å²) in [6, 6.07) is 9.59. The van der Waals surface area contributed by atoms with Crippen LogP contribution >= 0.6 is 0 Å². The van der Waals surface area contributed by atoms with Gasteiger partial charge < -0.3 is 15.5 Å². The lowest BCUT2D eigenvalue weighted by Crippen LogP contribution is -2.49. The molecule has 0 unspecified atom stereocenters. The molecule has 0 saturated carbocycles. The molecule has 1 saturated heterocycles. The average molecular weight is 328 g/mol. The van der Waals surface area contributed by atoms with Crippen LogP contribution in [-0.2, 0) is 0 Å². The molecular formula is C17H17FN4O2. The molecule has 6 nitrogen and oxygen atoms in total. The van der Waals surface area contributed by atoms with Crippen molar-refractivity contribution in [1.82, 2.24) is 9.88 Å². The second kappa shape index (κ2) is 6.66. The number of halogens is 1. The van der Waals surface area contributed by atoms with Gasteiger partial charge in [-0.15, -0.1) is 0 Å². The summed E-state index contributed by atoms with van der Waals surface area (Å²) >= 11 is 0. The summed E-state index contributed by atoms with van der Waals surface area (Å²) in [5, 5.41) is 0. The second-order valence-electron chi connectivity index (χ2n) is 5.53. The summed E-state index contributed by atoms with van der Waals surface area (Å²) in [5.74, 6) is -1.05. The van der Waals surface area contributed by atoms with Crippen molar-refractivity contribution in [3.63, 3.8) is 0 Å². The summed E-state index contributed by atoms with van der Waals surface area (Å²) in [4.78, 5) is 31.0. The van der Waals surface area contributed by atoms with Crippen LogP contribution in [0.4, 0.5) is 10.1 Å². The molecule has 0 aliphatic carbocycles. The van der Waals surface area contributed by atoms with Crippen LogP contribution in [0.5, 0.6) is 0 Å². The number of aromatic nitrogens is 1. The molecule has 124 valence electrons. The highest BCUT2D eigenvalue weighted by Gasteiger charge is 2.23. The van der Waals surface area contributed by atoms with Gasteiger partial charge in [-0.3, -0.25) is 14.6 Å². The molecule has 0 radical (unpaired) electrons. The van der Waals surface area contributed by atoms with Crippen LogP contribution in [0.3, 0.4) is 0 Å². The van der Waals surface area contributed by atoms with Crippen molar-refractivity contribution in [2.75, 3.05) is 31.1 Å². The van der Waals surface area contributed by atoms with Gasteiger partial charge in [-0.25, -0.2) is 4.39 Å². The molecule has 2 N–H and O–H groups in total. The molecule has 24 heavy (non-hydrogen) atoms. The standard InChI is InChI=1S/C17H17FN4O2/c18-13-3-1-2-4-15(13)21-7-9-22(10-8-21)17(24)12-5-6-14(16(19)23)20-11-12/h1-6,11H,7-10H2,(H2,19,23). The number of primary amides is 1. The molecule has 7 heteroatoms. The number of hydrogen-bond donors (Lipinski definition) is 1. The van der Waals surface area contributed by atoms with Crippen molar-refractivity contribution in [3.05, 3.63) is 59.7 Å². The fourth-order valence-corrected chi connectivity index (χ4v) is 2.71. The van der Waals surface area contributed by atoms with Gasteiger partial charge in [-0.1, -0.05) is 12.1 Å². The van der Waals surface area contributed by atoms with Gasteiger partial charge in [0.15, 0.2) is 0 Å². The zero-order chi connectivity index (χ0) is 17.1. The number of rotatable bonds is 3. The Morgan fingerprint density at radius 3 is 2.33 bits per heavy atom. The summed E-state index contributed by atoms with van der Waals surface area (Å²) in [6.45, 7) is 2.09. The number of hydrogen-bond acceptors (Lipinski definition) is 4. The van der Waals surface area contributed by atoms with Crippen LogP contribution in [0.1, 0.15) is 20.8 Å². The number of nitrogens with zero attached hydrogens (tertiary/aromatic N) is 3. The maximum absolute atomic E-state index is 13.8. The Morgan fingerprint density at radius 2 is 1.75 bits per heavy atom. The monoisotopic (exact) mass is 328 g/mol. The largest absolute Gasteiger partial charge is 0.366 e. The van der Waals surface area contributed by atoms with Crippen molar-refractivity contribution < 1.29 is 14.0 Å². The van der Waals surface area contributed by atoms with Crippen LogP contribution in [-0.4, -0.2) is 47.9 Å². The van der Waals surface area contributed by atoms with E-state index >= 15 is 0 Å². The molecule has 2 aromatic rings. The van der Waals surface area contributed by atoms with E-state index in [0.29, 0.717) is 37.4 Å². The molecule has 2 heterocycles. The lowest BCUT2D eigenvalue weighted by atomic mass is 10.2. The summed E-state index contributed by atoms with van der Waals surface area (Å²) in [6.07, 6.45) is 1.35. The minimum atomic E-state index is -0.632. The highest BCUT2D eigenvalue weighted by molar-refractivity contribution is 5.95. The van der Waals surface area contributed by atoms with Crippen LogP contribution in [0.25, 0.3) is 0 Å². The van der Waals surface area contributed by atoms with E-state index in [9.17, 15) is 14.0 Å². The first kappa shape index (κ1) is 15.9. The average Bonchev–Trinajstić information content (AvgIpc) is 2.62. The molecule has 1 aliphatic heterocycles. The Hall–Kier alpha value is -2.96. The SMILES string of the molecule is NC(=O)c1ccc(C(=O)N2CCN(c3ccccc3F)CC2)cn1. The van der Waals surface area contributed by atoms with Gasteiger partial charge >= 0.3 is 0 Å². The molecule has 1 fully saturated rings. The van der Waals surface area contributed by atoms with E-state index in [1.165, 1.54) is 18.3 Å². The zero-order valence-electron chi connectivity index (χ0n) is 13.0. The first-order valence-electron chi connectivity index (χ1n) is 7.61. The third kappa shape index (κ3) is 3.19. The fraction of sp³-hybridized carbons (Fsp3) is 0.235. The molecule has 1 aliphatic rings. The highest BCUT2D eigenvalue weighted by Crippen LogP contribution is 2.20. The highest BCUT2D eigenvalue weighted by atomic mass is 19.1. The molecule has 1 aromatic carbocycles. The first-order chi connectivity index (χ1) is 11.6. The number of carbonyl (C=O) groups excluding carboxylic acids is 2. The van der Waals surface area contributed by atoms with Crippen LogP contribution < -0.4 is 10.6 Å². The number of amides is 2. The summed E-state index contributed by atoms with van der Waals surface area (Å²) < 4.78 is 13.8. The molecule has 2 amide bonds. The number of benzene rings is 1. The Bertz CT molecular complexity index is 755. The summed E-state index contributed by atoms with van der Waals surface area (Å²) in [5.41, 5.74) is 6.21. The van der Waals surface area contributed by atoms with Gasteiger partial charge in [0.1, 0.15) is 11.5 Å². The van der Waals surface area contributed by atoms with Crippen LogP contribution in [0.15, 0.2) is 42.6 Å².